The van der Waals surface area contributed by atoms with Crippen LogP contribution in [0.25, 0.3) is 0 Å². The van der Waals surface area contributed by atoms with Crippen LogP contribution in [0.5, 0.6) is 0 Å². The number of carbonyl (C=O) groups excluding carboxylic acids is 1. The maximum absolute atomic E-state index is 12.7. The van der Waals surface area contributed by atoms with Gasteiger partial charge in [-0.15, -0.1) is 0 Å². The Morgan fingerprint density at radius 2 is 1.54 bits per heavy atom. The fourth-order valence-corrected chi connectivity index (χ4v) is 3.93. The van der Waals surface area contributed by atoms with Crippen LogP contribution < -0.4 is 9.62 Å². The van der Waals surface area contributed by atoms with E-state index in [1.165, 1.54) is 35.6 Å². The van der Waals surface area contributed by atoms with Gasteiger partial charge in [-0.3, -0.25) is 9.10 Å². The molecule has 5 nitrogen and oxygen atoms in total. The van der Waals surface area contributed by atoms with E-state index in [1.807, 2.05) is 30.3 Å². The fraction of sp³-hybridized carbons (Fsp3) is 0.0952. The number of nitrogens with zero attached hydrogens (tertiary/aromatic N) is 1. The lowest BCUT2D eigenvalue weighted by molar-refractivity contribution is 0.0951. The predicted molar refractivity (Wildman–Crippen MR) is 111 cm³/mol. The van der Waals surface area contributed by atoms with Crippen LogP contribution in [0.15, 0.2) is 83.8 Å². The van der Waals surface area contributed by atoms with Gasteiger partial charge in [-0.1, -0.05) is 41.9 Å². The first-order valence-corrected chi connectivity index (χ1v) is 10.4. The SMILES string of the molecule is CN(c1ccc(C(=O)NCc2ccccc2)cc1)S(=O)(=O)c1ccc(Cl)cc1. The number of hydrogen-bond donors (Lipinski definition) is 1. The van der Waals surface area contributed by atoms with Crippen LogP contribution in [0.2, 0.25) is 5.02 Å². The van der Waals surface area contributed by atoms with E-state index in [2.05, 4.69) is 5.32 Å². The van der Waals surface area contributed by atoms with E-state index >= 15 is 0 Å². The van der Waals surface area contributed by atoms with Gasteiger partial charge in [0.25, 0.3) is 15.9 Å². The molecule has 144 valence electrons. The van der Waals surface area contributed by atoms with Crippen molar-refractivity contribution in [2.75, 3.05) is 11.4 Å². The van der Waals surface area contributed by atoms with E-state index in [9.17, 15) is 13.2 Å². The van der Waals surface area contributed by atoms with E-state index in [0.717, 1.165) is 5.56 Å². The van der Waals surface area contributed by atoms with Crippen molar-refractivity contribution in [3.8, 4) is 0 Å². The molecule has 0 spiro atoms. The van der Waals surface area contributed by atoms with E-state index in [4.69, 9.17) is 11.6 Å². The standard InChI is InChI=1S/C21H19ClN2O3S/c1-24(28(26,27)20-13-9-18(22)10-14-20)19-11-7-17(8-12-19)21(25)23-15-16-5-3-2-4-6-16/h2-14H,15H2,1H3,(H,23,25). The van der Waals surface area contributed by atoms with Gasteiger partial charge < -0.3 is 5.32 Å². The summed E-state index contributed by atoms with van der Waals surface area (Å²) in [4.78, 5) is 12.4. The van der Waals surface area contributed by atoms with Gasteiger partial charge >= 0.3 is 0 Å². The third-order valence-electron chi connectivity index (χ3n) is 4.26. The molecular formula is C21H19ClN2O3S. The van der Waals surface area contributed by atoms with Crippen molar-refractivity contribution in [3.05, 3.63) is 95.0 Å². The van der Waals surface area contributed by atoms with Crippen LogP contribution in [0, 0.1) is 0 Å². The van der Waals surface area contributed by atoms with Crippen molar-refractivity contribution in [1.29, 1.82) is 0 Å². The second-order valence-corrected chi connectivity index (χ2v) is 8.55. The van der Waals surface area contributed by atoms with Gasteiger partial charge in [0.05, 0.1) is 10.6 Å². The highest BCUT2D eigenvalue weighted by molar-refractivity contribution is 7.92. The van der Waals surface area contributed by atoms with Gasteiger partial charge in [0.15, 0.2) is 0 Å². The summed E-state index contributed by atoms with van der Waals surface area (Å²) in [5, 5.41) is 3.31. The Bertz CT molecular complexity index is 1050. The number of nitrogens with one attached hydrogen (secondary N) is 1. The summed E-state index contributed by atoms with van der Waals surface area (Å²) < 4.78 is 26.6. The molecule has 3 aromatic rings. The number of benzene rings is 3. The second kappa shape index (κ2) is 8.46. The molecule has 3 aromatic carbocycles. The molecule has 0 aliphatic carbocycles. The highest BCUT2D eigenvalue weighted by Gasteiger charge is 2.21. The minimum atomic E-state index is -3.71. The monoisotopic (exact) mass is 414 g/mol. The van der Waals surface area contributed by atoms with E-state index in [0.29, 0.717) is 22.8 Å². The summed E-state index contributed by atoms with van der Waals surface area (Å²) in [5.74, 6) is -0.224. The molecule has 1 N–H and O–H groups in total. The molecule has 0 unspecified atom stereocenters. The van der Waals surface area contributed by atoms with Crippen LogP contribution in [-0.4, -0.2) is 21.4 Å². The smallest absolute Gasteiger partial charge is 0.264 e. The number of hydrogen-bond acceptors (Lipinski definition) is 3. The first-order chi connectivity index (χ1) is 13.4. The molecule has 0 aliphatic heterocycles. The first-order valence-electron chi connectivity index (χ1n) is 8.54. The largest absolute Gasteiger partial charge is 0.348 e. The average molecular weight is 415 g/mol. The van der Waals surface area contributed by atoms with Gasteiger partial charge in [-0.05, 0) is 54.1 Å². The second-order valence-electron chi connectivity index (χ2n) is 6.14. The molecule has 0 saturated carbocycles. The Labute approximate surface area is 169 Å². The molecule has 0 fully saturated rings. The van der Waals surface area contributed by atoms with Crippen LogP contribution in [0.3, 0.4) is 0 Å². The number of rotatable bonds is 6. The van der Waals surface area contributed by atoms with Crippen LogP contribution in [-0.2, 0) is 16.6 Å². The summed E-state index contributed by atoms with van der Waals surface area (Å²) in [5.41, 5.74) is 1.91. The molecule has 28 heavy (non-hydrogen) atoms. The highest BCUT2D eigenvalue weighted by atomic mass is 35.5. The number of halogens is 1. The maximum Gasteiger partial charge on any atom is 0.264 e. The summed E-state index contributed by atoms with van der Waals surface area (Å²) >= 11 is 5.82. The Hall–Kier alpha value is -2.83. The third-order valence-corrected chi connectivity index (χ3v) is 6.31. The van der Waals surface area contributed by atoms with Crippen molar-refractivity contribution in [2.24, 2.45) is 0 Å². The number of anilines is 1. The average Bonchev–Trinajstić information content (AvgIpc) is 2.72. The van der Waals surface area contributed by atoms with E-state index in [-0.39, 0.29) is 10.8 Å². The molecule has 0 aliphatic rings. The zero-order valence-electron chi connectivity index (χ0n) is 15.2. The third kappa shape index (κ3) is 4.52. The Kier molecular flexibility index (Phi) is 6.02. The van der Waals surface area contributed by atoms with Crippen molar-refractivity contribution < 1.29 is 13.2 Å². The predicted octanol–water partition coefficient (Wildman–Crippen LogP) is 4.10. The Morgan fingerprint density at radius 3 is 2.14 bits per heavy atom. The summed E-state index contributed by atoms with van der Waals surface area (Å²) in [6, 6.07) is 22.0. The van der Waals surface area contributed by atoms with Crippen LogP contribution >= 0.6 is 11.6 Å². The molecule has 0 atom stereocenters. The van der Waals surface area contributed by atoms with E-state index < -0.39 is 10.0 Å². The number of amides is 1. The fourth-order valence-electron chi connectivity index (χ4n) is 2.61. The van der Waals surface area contributed by atoms with Gasteiger partial charge in [0, 0.05) is 24.2 Å². The lowest BCUT2D eigenvalue weighted by atomic mass is 10.2. The molecule has 0 radical (unpaired) electrons. The van der Waals surface area contributed by atoms with Gasteiger partial charge in [0.1, 0.15) is 0 Å². The van der Waals surface area contributed by atoms with Crippen molar-refractivity contribution in [1.82, 2.24) is 5.32 Å². The topological polar surface area (TPSA) is 66.5 Å². The lowest BCUT2D eigenvalue weighted by Crippen LogP contribution is -2.27. The zero-order valence-corrected chi connectivity index (χ0v) is 16.7. The molecular weight excluding hydrogens is 396 g/mol. The van der Waals surface area contributed by atoms with Gasteiger partial charge in [-0.2, -0.15) is 0 Å². The van der Waals surface area contributed by atoms with E-state index in [1.54, 1.807) is 24.3 Å². The minimum Gasteiger partial charge on any atom is -0.348 e. The maximum atomic E-state index is 12.7. The summed E-state index contributed by atoms with van der Waals surface area (Å²) in [6.45, 7) is 0.423. The molecule has 0 aromatic heterocycles. The van der Waals surface area contributed by atoms with Crippen LogP contribution in [0.1, 0.15) is 15.9 Å². The molecule has 1 amide bonds. The van der Waals surface area contributed by atoms with Gasteiger partial charge in [0.2, 0.25) is 0 Å². The van der Waals surface area contributed by atoms with Crippen molar-refractivity contribution in [2.45, 2.75) is 11.4 Å². The van der Waals surface area contributed by atoms with Crippen molar-refractivity contribution in [3.63, 3.8) is 0 Å². The van der Waals surface area contributed by atoms with Crippen LogP contribution in [0.4, 0.5) is 5.69 Å². The Morgan fingerprint density at radius 1 is 0.929 bits per heavy atom. The minimum absolute atomic E-state index is 0.143. The molecule has 3 rings (SSSR count). The molecule has 7 heteroatoms. The summed E-state index contributed by atoms with van der Waals surface area (Å²) in [7, 11) is -2.25. The zero-order chi connectivity index (χ0) is 20.1. The highest BCUT2D eigenvalue weighted by Crippen LogP contribution is 2.23. The Balaban J connectivity index is 1.70. The lowest BCUT2D eigenvalue weighted by Gasteiger charge is -2.19. The number of carbonyl (C=O) groups is 1. The molecule has 0 saturated heterocycles. The normalized spacial score (nSPS) is 11.1. The summed E-state index contributed by atoms with van der Waals surface area (Å²) in [6.07, 6.45) is 0. The quantitative estimate of drug-likeness (QED) is 0.660. The number of sulfonamides is 1. The molecule has 0 heterocycles. The van der Waals surface area contributed by atoms with Gasteiger partial charge in [-0.25, -0.2) is 8.42 Å². The molecule has 0 bridgehead atoms. The first kappa shape index (κ1) is 19.9. The van der Waals surface area contributed by atoms with Crippen molar-refractivity contribution >= 4 is 33.2 Å².